The number of rotatable bonds is 7. The first-order valence-electron chi connectivity index (χ1n) is 8.70. The maximum Gasteiger partial charge on any atom is 0.134 e. The number of hydrogen-bond donors (Lipinski definition) is 1. The zero-order chi connectivity index (χ0) is 18.5. The van der Waals surface area contributed by atoms with Crippen LogP contribution in [0.4, 0.5) is 0 Å². The van der Waals surface area contributed by atoms with Gasteiger partial charge in [-0.3, -0.25) is 0 Å². The van der Waals surface area contributed by atoms with Crippen LogP contribution in [0.3, 0.4) is 0 Å². The van der Waals surface area contributed by atoms with Crippen molar-refractivity contribution in [2.24, 2.45) is 10.8 Å². The van der Waals surface area contributed by atoms with Gasteiger partial charge in [-0.25, -0.2) is 0 Å². The Morgan fingerprint density at radius 1 is 1.00 bits per heavy atom. The molecular formula is C23H28O2. The maximum atomic E-state index is 11.9. The predicted molar refractivity (Wildman–Crippen MR) is 104 cm³/mol. The SMILES string of the molecule is C=C(O)C(C=O)(Cc1cccc(Cc2ccccc2)c1)CC(C)(C)C. The molecule has 1 atom stereocenters. The lowest BCUT2D eigenvalue weighted by molar-refractivity contribution is -0.117. The van der Waals surface area contributed by atoms with Gasteiger partial charge in [-0.2, -0.15) is 0 Å². The van der Waals surface area contributed by atoms with E-state index in [1.807, 2.05) is 30.3 Å². The van der Waals surface area contributed by atoms with E-state index in [9.17, 15) is 9.90 Å². The van der Waals surface area contributed by atoms with Crippen molar-refractivity contribution in [3.05, 3.63) is 83.6 Å². The van der Waals surface area contributed by atoms with Gasteiger partial charge in [0.05, 0.1) is 11.2 Å². The maximum absolute atomic E-state index is 11.9. The molecule has 2 aromatic rings. The average molecular weight is 336 g/mol. The molecule has 0 bridgehead atoms. The van der Waals surface area contributed by atoms with E-state index < -0.39 is 5.41 Å². The summed E-state index contributed by atoms with van der Waals surface area (Å²) in [6.07, 6.45) is 2.74. The molecule has 0 saturated heterocycles. The van der Waals surface area contributed by atoms with Gasteiger partial charge in [0.15, 0.2) is 0 Å². The van der Waals surface area contributed by atoms with E-state index >= 15 is 0 Å². The second-order valence-corrected chi connectivity index (χ2v) is 8.12. The number of aldehydes is 1. The first kappa shape index (κ1) is 19.0. The molecule has 0 aliphatic carbocycles. The Kier molecular flexibility index (Phi) is 5.84. The third-order valence-electron chi connectivity index (χ3n) is 4.41. The lowest BCUT2D eigenvalue weighted by Crippen LogP contribution is -2.32. The number of aliphatic hydroxyl groups excluding tert-OH is 1. The number of benzene rings is 2. The summed E-state index contributed by atoms with van der Waals surface area (Å²) in [6, 6.07) is 18.5. The number of allylic oxidation sites excluding steroid dienone is 1. The van der Waals surface area contributed by atoms with Crippen LogP contribution in [0, 0.1) is 10.8 Å². The molecule has 0 aliphatic rings. The van der Waals surface area contributed by atoms with E-state index in [0.29, 0.717) is 12.8 Å². The van der Waals surface area contributed by atoms with E-state index in [4.69, 9.17) is 0 Å². The molecule has 1 N–H and O–H groups in total. The summed E-state index contributed by atoms with van der Waals surface area (Å²) in [6.45, 7) is 9.90. The third kappa shape index (κ3) is 5.32. The van der Waals surface area contributed by atoms with Gasteiger partial charge in [0, 0.05) is 0 Å². The Morgan fingerprint density at radius 2 is 1.60 bits per heavy atom. The summed E-state index contributed by atoms with van der Waals surface area (Å²) in [5.41, 5.74) is 2.46. The summed E-state index contributed by atoms with van der Waals surface area (Å²) >= 11 is 0. The summed E-state index contributed by atoms with van der Waals surface area (Å²) in [5, 5.41) is 10.2. The largest absolute Gasteiger partial charge is 0.512 e. The van der Waals surface area contributed by atoms with Crippen LogP contribution in [0.2, 0.25) is 0 Å². The van der Waals surface area contributed by atoms with Crippen LogP contribution in [0.25, 0.3) is 0 Å². The van der Waals surface area contributed by atoms with E-state index in [-0.39, 0.29) is 11.2 Å². The molecule has 0 saturated carbocycles. The lowest BCUT2D eigenvalue weighted by Gasteiger charge is -2.33. The van der Waals surface area contributed by atoms with Gasteiger partial charge >= 0.3 is 0 Å². The first-order chi connectivity index (χ1) is 11.7. The number of carbonyl (C=O) groups is 1. The highest BCUT2D eigenvalue weighted by Gasteiger charge is 2.37. The monoisotopic (exact) mass is 336 g/mol. The third-order valence-corrected chi connectivity index (χ3v) is 4.41. The standard InChI is InChI=1S/C23H28O2/c1-18(25)23(17-24,16-22(2,3)4)15-21-12-8-11-20(14-21)13-19-9-6-5-7-10-19/h5-12,14,17,25H,1,13,15-16H2,2-4H3. The van der Waals surface area contributed by atoms with Crippen molar-refractivity contribution in [2.75, 3.05) is 0 Å². The number of carbonyl (C=O) groups excluding carboxylic acids is 1. The van der Waals surface area contributed by atoms with E-state index in [1.54, 1.807) is 0 Å². The fourth-order valence-electron chi connectivity index (χ4n) is 3.41. The molecule has 132 valence electrons. The molecule has 0 aliphatic heterocycles. The zero-order valence-corrected chi connectivity index (χ0v) is 15.5. The fraction of sp³-hybridized carbons (Fsp3) is 0.348. The smallest absolute Gasteiger partial charge is 0.134 e. The topological polar surface area (TPSA) is 37.3 Å². The predicted octanol–water partition coefficient (Wildman–Crippen LogP) is 5.51. The second kappa shape index (κ2) is 7.69. The normalized spacial score (nSPS) is 13.9. The van der Waals surface area contributed by atoms with Crippen LogP contribution in [0.5, 0.6) is 0 Å². The Bertz CT molecular complexity index is 725. The molecule has 0 aromatic heterocycles. The quantitative estimate of drug-likeness (QED) is 0.534. The van der Waals surface area contributed by atoms with Gasteiger partial charge in [-0.1, -0.05) is 81.9 Å². The fourth-order valence-corrected chi connectivity index (χ4v) is 3.41. The van der Waals surface area contributed by atoms with E-state index in [2.05, 4.69) is 51.6 Å². The molecule has 0 spiro atoms. The van der Waals surface area contributed by atoms with Gasteiger partial charge in [0.1, 0.15) is 6.29 Å². The zero-order valence-electron chi connectivity index (χ0n) is 15.5. The number of aliphatic hydroxyl groups is 1. The highest BCUT2D eigenvalue weighted by atomic mass is 16.3. The van der Waals surface area contributed by atoms with Crippen LogP contribution < -0.4 is 0 Å². The molecule has 1 unspecified atom stereocenters. The molecule has 2 aromatic carbocycles. The molecule has 2 rings (SSSR count). The summed E-state index contributed by atoms with van der Waals surface area (Å²) < 4.78 is 0. The van der Waals surface area contributed by atoms with Crippen LogP contribution in [0.1, 0.15) is 43.9 Å². The van der Waals surface area contributed by atoms with Crippen molar-refractivity contribution in [3.63, 3.8) is 0 Å². The van der Waals surface area contributed by atoms with Gasteiger partial charge in [-0.15, -0.1) is 0 Å². The molecule has 2 heteroatoms. The van der Waals surface area contributed by atoms with E-state index in [1.165, 1.54) is 11.1 Å². The highest BCUT2D eigenvalue weighted by molar-refractivity contribution is 5.65. The van der Waals surface area contributed by atoms with Gasteiger partial charge in [0.25, 0.3) is 0 Å². The van der Waals surface area contributed by atoms with Gasteiger partial charge in [0.2, 0.25) is 0 Å². The van der Waals surface area contributed by atoms with Crippen molar-refractivity contribution in [1.29, 1.82) is 0 Å². The van der Waals surface area contributed by atoms with Crippen LogP contribution >= 0.6 is 0 Å². The van der Waals surface area contributed by atoms with Gasteiger partial charge in [-0.05, 0) is 41.4 Å². The minimum absolute atomic E-state index is 0.0501. The Balaban J connectivity index is 2.26. The summed E-state index contributed by atoms with van der Waals surface area (Å²) in [7, 11) is 0. The van der Waals surface area contributed by atoms with Crippen LogP contribution in [0.15, 0.2) is 66.9 Å². The van der Waals surface area contributed by atoms with Crippen molar-refractivity contribution in [2.45, 2.75) is 40.0 Å². The van der Waals surface area contributed by atoms with Crippen molar-refractivity contribution in [1.82, 2.24) is 0 Å². The van der Waals surface area contributed by atoms with E-state index in [0.717, 1.165) is 18.3 Å². The Labute approximate surface area is 151 Å². The highest BCUT2D eigenvalue weighted by Crippen LogP contribution is 2.39. The molecule has 0 heterocycles. The first-order valence-corrected chi connectivity index (χ1v) is 8.70. The average Bonchev–Trinajstić information content (AvgIpc) is 2.54. The Morgan fingerprint density at radius 3 is 2.16 bits per heavy atom. The van der Waals surface area contributed by atoms with Crippen LogP contribution in [-0.4, -0.2) is 11.4 Å². The van der Waals surface area contributed by atoms with Crippen LogP contribution in [-0.2, 0) is 17.6 Å². The number of hydrogen-bond acceptors (Lipinski definition) is 2. The second-order valence-electron chi connectivity index (χ2n) is 8.12. The van der Waals surface area contributed by atoms with Gasteiger partial charge < -0.3 is 9.90 Å². The molecule has 25 heavy (non-hydrogen) atoms. The molecular weight excluding hydrogens is 308 g/mol. The molecule has 0 amide bonds. The summed E-state index contributed by atoms with van der Waals surface area (Å²) in [5.74, 6) is -0.0501. The Hall–Kier alpha value is -2.35. The lowest BCUT2D eigenvalue weighted by atomic mass is 9.70. The molecule has 0 radical (unpaired) electrons. The minimum atomic E-state index is -0.941. The molecule has 2 nitrogen and oxygen atoms in total. The molecule has 0 fully saturated rings. The van der Waals surface area contributed by atoms with Crippen molar-refractivity contribution >= 4 is 6.29 Å². The van der Waals surface area contributed by atoms with Crippen molar-refractivity contribution < 1.29 is 9.90 Å². The van der Waals surface area contributed by atoms with Crippen molar-refractivity contribution in [3.8, 4) is 0 Å². The minimum Gasteiger partial charge on any atom is -0.512 e. The summed E-state index contributed by atoms with van der Waals surface area (Å²) in [4.78, 5) is 11.9.